The number of thiazole rings is 1. The van der Waals surface area contributed by atoms with Crippen LogP contribution in [0, 0.1) is 6.92 Å². The van der Waals surface area contributed by atoms with Gasteiger partial charge in [0.1, 0.15) is 9.90 Å². The van der Waals surface area contributed by atoms with Gasteiger partial charge in [0.2, 0.25) is 0 Å². The minimum absolute atomic E-state index is 0.0962. The summed E-state index contributed by atoms with van der Waals surface area (Å²) in [7, 11) is -3.34. The molecule has 0 bridgehead atoms. The van der Waals surface area contributed by atoms with Gasteiger partial charge < -0.3 is 11.1 Å². The molecule has 1 fully saturated rings. The summed E-state index contributed by atoms with van der Waals surface area (Å²) in [6.45, 7) is 2.40. The van der Waals surface area contributed by atoms with Crippen LogP contribution in [0.2, 0.25) is 0 Å². The molecular formula is C11H14N4O2S3. The van der Waals surface area contributed by atoms with Gasteiger partial charge in [-0.3, -0.25) is 0 Å². The van der Waals surface area contributed by atoms with Gasteiger partial charge in [-0.05, 0) is 31.3 Å². The van der Waals surface area contributed by atoms with Crippen LogP contribution < -0.4 is 11.1 Å². The summed E-state index contributed by atoms with van der Waals surface area (Å²) < 4.78 is 28.7. The Morgan fingerprint density at radius 3 is 2.85 bits per heavy atom. The zero-order valence-electron chi connectivity index (χ0n) is 10.8. The zero-order chi connectivity index (χ0) is 14.3. The first kappa shape index (κ1) is 13.8. The van der Waals surface area contributed by atoms with Crippen LogP contribution in [0.25, 0.3) is 0 Å². The summed E-state index contributed by atoms with van der Waals surface area (Å²) in [6, 6.07) is 0. The molecule has 0 unspecified atom stereocenters. The topological polar surface area (TPSA) is 98.0 Å². The van der Waals surface area contributed by atoms with E-state index in [-0.39, 0.29) is 16.0 Å². The van der Waals surface area contributed by atoms with E-state index in [9.17, 15) is 8.42 Å². The van der Waals surface area contributed by atoms with Crippen LogP contribution >= 0.6 is 22.9 Å². The molecule has 1 aliphatic rings. The highest BCUT2D eigenvalue weighted by atomic mass is 32.2. The number of hydrogen-bond donors (Lipinski definition) is 2. The predicted molar refractivity (Wildman–Crippen MR) is 80.9 cm³/mol. The number of nitrogens with one attached hydrogen (secondary N) is 1. The summed E-state index contributed by atoms with van der Waals surface area (Å²) in [6.07, 6.45) is 1.42. The molecule has 2 heterocycles. The fraction of sp³-hybridized carbons (Fsp3) is 0.455. The highest BCUT2D eigenvalue weighted by molar-refractivity contribution is 7.92. The second-order valence-electron chi connectivity index (χ2n) is 4.68. The van der Waals surface area contributed by atoms with E-state index in [1.54, 1.807) is 11.3 Å². The third kappa shape index (κ3) is 2.52. The fourth-order valence-corrected chi connectivity index (χ4v) is 5.38. The number of anilines is 2. The van der Waals surface area contributed by atoms with Crippen LogP contribution in [0.4, 0.5) is 10.8 Å². The van der Waals surface area contributed by atoms with Gasteiger partial charge in [-0.25, -0.2) is 13.4 Å². The Balaban J connectivity index is 1.84. The number of hydrogen-bond acceptors (Lipinski definition) is 8. The Bertz CT molecular complexity index is 731. The van der Waals surface area contributed by atoms with Crippen molar-refractivity contribution in [2.75, 3.05) is 11.1 Å². The van der Waals surface area contributed by atoms with Crippen molar-refractivity contribution in [3.63, 3.8) is 0 Å². The molecule has 9 heteroatoms. The van der Waals surface area contributed by atoms with Crippen LogP contribution in [0.5, 0.6) is 0 Å². The van der Waals surface area contributed by atoms with Gasteiger partial charge in [-0.1, -0.05) is 0 Å². The highest BCUT2D eigenvalue weighted by Crippen LogP contribution is 2.41. The largest absolute Gasteiger partial charge is 0.382 e. The normalized spacial score (nSPS) is 15.4. The maximum Gasteiger partial charge on any atom is 0.187 e. The van der Waals surface area contributed by atoms with Gasteiger partial charge in [0.25, 0.3) is 0 Å². The minimum atomic E-state index is -3.34. The van der Waals surface area contributed by atoms with Gasteiger partial charge in [-0.2, -0.15) is 4.37 Å². The molecule has 20 heavy (non-hydrogen) atoms. The third-order valence-corrected chi connectivity index (χ3v) is 7.12. The summed E-state index contributed by atoms with van der Waals surface area (Å²) in [5.74, 6) is 0.0962. The van der Waals surface area contributed by atoms with E-state index in [1.807, 2.05) is 12.3 Å². The number of sulfone groups is 1. The number of nitrogen functional groups attached to an aromatic ring is 1. The number of aromatic nitrogens is 2. The molecule has 0 saturated heterocycles. The molecule has 0 amide bonds. The zero-order valence-corrected chi connectivity index (χ0v) is 13.2. The quantitative estimate of drug-likeness (QED) is 0.870. The van der Waals surface area contributed by atoms with Gasteiger partial charge in [0.05, 0.1) is 22.5 Å². The average molecular weight is 330 g/mol. The maximum absolute atomic E-state index is 12.3. The fourth-order valence-electron chi connectivity index (χ4n) is 1.89. The molecule has 2 aromatic heterocycles. The molecular weight excluding hydrogens is 316 g/mol. The lowest BCUT2D eigenvalue weighted by Gasteiger charge is -2.06. The molecule has 3 rings (SSSR count). The molecule has 3 N–H and O–H groups in total. The molecule has 108 valence electrons. The molecule has 0 spiro atoms. The van der Waals surface area contributed by atoms with Crippen molar-refractivity contribution in [1.82, 2.24) is 9.36 Å². The molecule has 0 radical (unpaired) electrons. The Hall–Kier alpha value is -1.19. The summed E-state index contributed by atoms with van der Waals surface area (Å²) >= 11 is 2.65. The van der Waals surface area contributed by atoms with Crippen molar-refractivity contribution < 1.29 is 8.42 Å². The SMILES string of the molecule is Cc1nc(CNc2snc(N)c2S(=O)(=O)C2CC2)cs1. The van der Waals surface area contributed by atoms with Crippen molar-refractivity contribution in [3.05, 3.63) is 16.1 Å². The van der Waals surface area contributed by atoms with Crippen molar-refractivity contribution in [1.29, 1.82) is 0 Å². The molecule has 1 saturated carbocycles. The molecule has 0 aliphatic heterocycles. The van der Waals surface area contributed by atoms with Crippen LogP contribution in [0.1, 0.15) is 23.5 Å². The van der Waals surface area contributed by atoms with E-state index in [4.69, 9.17) is 5.73 Å². The standard InChI is InChI=1S/C11H14N4O2S3/c1-6-14-7(5-18-6)4-13-11-9(10(12)15-19-11)20(16,17)8-2-3-8/h5,8,13H,2-4H2,1H3,(H2,12,15). The first-order chi connectivity index (χ1) is 9.48. The van der Waals surface area contributed by atoms with E-state index in [0.29, 0.717) is 24.4 Å². The number of nitrogens with two attached hydrogens (primary N) is 1. The van der Waals surface area contributed by atoms with Crippen molar-refractivity contribution in [3.8, 4) is 0 Å². The number of aryl methyl sites for hydroxylation is 1. The van der Waals surface area contributed by atoms with Crippen LogP contribution in [0.3, 0.4) is 0 Å². The molecule has 6 nitrogen and oxygen atoms in total. The summed E-state index contributed by atoms with van der Waals surface area (Å²) in [4.78, 5) is 4.50. The predicted octanol–water partition coefficient (Wildman–Crippen LogP) is 2.04. The lowest BCUT2D eigenvalue weighted by atomic mass is 10.5. The van der Waals surface area contributed by atoms with E-state index >= 15 is 0 Å². The maximum atomic E-state index is 12.3. The first-order valence-corrected chi connectivity index (χ1v) is 9.32. The lowest BCUT2D eigenvalue weighted by molar-refractivity contribution is 0.595. The highest BCUT2D eigenvalue weighted by Gasteiger charge is 2.40. The van der Waals surface area contributed by atoms with Gasteiger partial charge in [0.15, 0.2) is 15.7 Å². The van der Waals surface area contributed by atoms with Crippen molar-refractivity contribution in [2.24, 2.45) is 0 Å². The third-order valence-electron chi connectivity index (χ3n) is 3.02. The Morgan fingerprint density at radius 2 is 2.25 bits per heavy atom. The van der Waals surface area contributed by atoms with Crippen LogP contribution in [0.15, 0.2) is 10.3 Å². The second kappa shape index (κ2) is 4.97. The van der Waals surface area contributed by atoms with Gasteiger partial charge in [0, 0.05) is 5.38 Å². The average Bonchev–Trinajstić information content (AvgIpc) is 3.08. The van der Waals surface area contributed by atoms with Crippen LogP contribution in [-0.2, 0) is 16.4 Å². The second-order valence-corrected chi connectivity index (χ2v) is 8.68. The van der Waals surface area contributed by atoms with Crippen molar-refractivity contribution in [2.45, 2.75) is 36.5 Å². The Morgan fingerprint density at radius 1 is 1.50 bits per heavy atom. The van der Waals surface area contributed by atoms with Crippen LogP contribution in [-0.4, -0.2) is 23.0 Å². The van der Waals surface area contributed by atoms with Crippen molar-refractivity contribution >= 4 is 43.5 Å². The molecule has 2 aromatic rings. The summed E-state index contributed by atoms with van der Waals surface area (Å²) in [5, 5.41) is 6.25. The molecule has 0 aromatic carbocycles. The monoisotopic (exact) mass is 330 g/mol. The summed E-state index contributed by atoms with van der Waals surface area (Å²) in [5.41, 5.74) is 6.62. The van der Waals surface area contributed by atoms with E-state index in [1.165, 1.54) is 0 Å². The van der Waals surface area contributed by atoms with E-state index < -0.39 is 9.84 Å². The Labute approximate surface area is 125 Å². The van der Waals surface area contributed by atoms with E-state index in [2.05, 4.69) is 14.7 Å². The Kier molecular flexibility index (Phi) is 3.43. The number of nitrogens with zero attached hydrogens (tertiary/aromatic N) is 2. The van der Waals surface area contributed by atoms with Gasteiger partial charge >= 0.3 is 0 Å². The van der Waals surface area contributed by atoms with E-state index in [0.717, 1.165) is 22.2 Å². The lowest BCUT2D eigenvalue weighted by Crippen LogP contribution is -2.11. The first-order valence-electron chi connectivity index (χ1n) is 6.12. The van der Waals surface area contributed by atoms with Gasteiger partial charge in [-0.15, -0.1) is 11.3 Å². The molecule has 0 atom stereocenters. The number of rotatable bonds is 5. The molecule has 1 aliphatic carbocycles. The minimum Gasteiger partial charge on any atom is -0.382 e. The smallest absolute Gasteiger partial charge is 0.187 e.